The molecule has 2 aliphatic carbocycles. The highest BCUT2D eigenvalue weighted by Crippen LogP contribution is 2.55. The second-order valence-corrected chi connectivity index (χ2v) is 10.2. The molecule has 7 rings (SSSR count). The number of nitrogens with one attached hydrogen (secondary N) is 2. The maximum absolute atomic E-state index is 4.97. The lowest BCUT2D eigenvalue weighted by Gasteiger charge is -2.14. The average Bonchev–Trinajstić information content (AvgIpc) is 3.25. The van der Waals surface area contributed by atoms with Gasteiger partial charge in [-0.2, -0.15) is 5.10 Å². The van der Waals surface area contributed by atoms with Crippen molar-refractivity contribution >= 4 is 33.4 Å². The van der Waals surface area contributed by atoms with Crippen LogP contribution in [0.3, 0.4) is 0 Å². The lowest BCUT2D eigenvalue weighted by atomic mass is 9.93. The molecule has 0 bridgehead atoms. The van der Waals surface area contributed by atoms with Gasteiger partial charge < -0.3 is 4.98 Å². The van der Waals surface area contributed by atoms with Gasteiger partial charge in [-0.3, -0.25) is 20.1 Å². The number of unbranched alkanes of at least 4 members (excludes halogenated alkanes) is 1. The second-order valence-electron chi connectivity index (χ2n) is 10.2. The van der Waals surface area contributed by atoms with Gasteiger partial charge in [-0.1, -0.05) is 26.3 Å². The molecule has 8 heteroatoms. The molecule has 5 heterocycles. The van der Waals surface area contributed by atoms with Gasteiger partial charge in [0.2, 0.25) is 0 Å². The number of hydrogen-bond donors (Lipinski definition) is 2. The summed E-state index contributed by atoms with van der Waals surface area (Å²) in [5.41, 5.74) is 8.84. The number of imidazole rings is 1. The van der Waals surface area contributed by atoms with Gasteiger partial charge in [0.1, 0.15) is 11.2 Å². The van der Waals surface area contributed by atoms with E-state index in [2.05, 4.69) is 51.1 Å². The number of rotatable bonds is 6. The predicted octanol–water partition coefficient (Wildman–Crippen LogP) is 5.87. The van der Waals surface area contributed by atoms with E-state index >= 15 is 0 Å². The van der Waals surface area contributed by atoms with Crippen molar-refractivity contribution in [1.82, 2.24) is 35.1 Å². The predicted molar refractivity (Wildman–Crippen MR) is 146 cm³/mol. The summed E-state index contributed by atoms with van der Waals surface area (Å²) in [5, 5.41) is 8.58. The highest BCUT2D eigenvalue weighted by molar-refractivity contribution is 6.07. The molecular weight excluding hydrogens is 460 g/mol. The van der Waals surface area contributed by atoms with E-state index in [1.165, 1.54) is 17.7 Å². The fourth-order valence-electron chi connectivity index (χ4n) is 5.69. The molecule has 8 nitrogen and oxygen atoms in total. The summed E-state index contributed by atoms with van der Waals surface area (Å²) in [6.45, 7) is 5.48. The molecule has 0 amide bonds. The van der Waals surface area contributed by atoms with Gasteiger partial charge in [0.25, 0.3) is 0 Å². The molecule has 3 atom stereocenters. The Balaban J connectivity index is 1.29. The zero-order valence-corrected chi connectivity index (χ0v) is 20.9. The minimum atomic E-state index is 0.625. The van der Waals surface area contributed by atoms with Crippen molar-refractivity contribution in [3.05, 3.63) is 60.8 Å². The van der Waals surface area contributed by atoms with Crippen molar-refractivity contribution in [3.8, 4) is 22.6 Å². The largest absolute Gasteiger partial charge is 0.335 e. The first kappa shape index (κ1) is 22.0. The average molecular weight is 489 g/mol. The Morgan fingerprint density at radius 2 is 2.05 bits per heavy atom. The Bertz CT molecular complexity index is 1680. The van der Waals surface area contributed by atoms with Gasteiger partial charge in [0, 0.05) is 54.1 Å². The summed E-state index contributed by atoms with van der Waals surface area (Å²) < 4.78 is 0. The summed E-state index contributed by atoms with van der Waals surface area (Å²) in [6.07, 6.45) is 14.9. The van der Waals surface area contributed by atoms with Crippen LogP contribution < -0.4 is 0 Å². The molecule has 2 aliphatic rings. The van der Waals surface area contributed by atoms with Crippen molar-refractivity contribution < 1.29 is 0 Å². The smallest absolute Gasteiger partial charge is 0.181 e. The third kappa shape index (κ3) is 3.75. The first-order valence-electron chi connectivity index (χ1n) is 13.0. The van der Waals surface area contributed by atoms with Gasteiger partial charge in [-0.25, -0.2) is 9.97 Å². The van der Waals surface area contributed by atoms with Crippen molar-refractivity contribution in [2.24, 2.45) is 22.7 Å². The molecule has 3 unspecified atom stereocenters. The summed E-state index contributed by atoms with van der Waals surface area (Å²) in [5.74, 6) is 2.73. The maximum Gasteiger partial charge on any atom is 0.181 e. The van der Waals surface area contributed by atoms with Crippen molar-refractivity contribution in [2.75, 3.05) is 6.54 Å². The van der Waals surface area contributed by atoms with Crippen LogP contribution in [0.25, 0.3) is 50.3 Å². The van der Waals surface area contributed by atoms with Crippen LogP contribution in [-0.2, 0) is 0 Å². The summed E-state index contributed by atoms with van der Waals surface area (Å²) in [7, 11) is 0. The topological polar surface area (TPSA) is 108 Å². The number of pyridine rings is 3. The van der Waals surface area contributed by atoms with Gasteiger partial charge >= 0.3 is 0 Å². The van der Waals surface area contributed by atoms with E-state index in [0.717, 1.165) is 58.2 Å². The molecular formula is C29H28N8. The van der Waals surface area contributed by atoms with Crippen LogP contribution in [0.1, 0.15) is 38.7 Å². The van der Waals surface area contributed by atoms with E-state index in [9.17, 15) is 0 Å². The molecule has 1 saturated carbocycles. The highest BCUT2D eigenvalue weighted by Gasteiger charge is 2.51. The molecule has 0 spiro atoms. The van der Waals surface area contributed by atoms with Gasteiger partial charge in [0.15, 0.2) is 11.5 Å². The molecule has 0 radical (unpaired) electrons. The zero-order chi connectivity index (χ0) is 24.9. The normalized spacial score (nSPS) is 21.9. The molecule has 0 saturated heterocycles. The van der Waals surface area contributed by atoms with Crippen LogP contribution in [0.5, 0.6) is 0 Å². The number of H-pyrrole nitrogens is 2. The van der Waals surface area contributed by atoms with Crippen LogP contribution in [0.15, 0.2) is 60.3 Å². The SMILES string of the molecule is CCCCN=C1C=C(c2cnc3n[nH]c(-c4nc5c(-c6cccnc6)cncc5[nH]4)c3c2)CC2C(C)C12. The van der Waals surface area contributed by atoms with E-state index < -0.39 is 0 Å². The Morgan fingerprint density at radius 1 is 1.11 bits per heavy atom. The Kier molecular flexibility index (Phi) is 5.20. The van der Waals surface area contributed by atoms with Crippen molar-refractivity contribution in [1.29, 1.82) is 0 Å². The zero-order valence-electron chi connectivity index (χ0n) is 20.9. The van der Waals surface area contributed by atoms with E-state index in [4.69, 9.17) is 15.0 Å². The van der Waals surface area contributed by atoms with Crippen LogP contribution in [-0.4, -0.2) is 47.4 Å². The van der Waals surface area contributed by atoms with Crippen LogP contribution in [0, 0.1) is 17.8 Å². The van der Waals surface area contributed by atoms with Gasteiger partial charge in [-0.15, -0.1) is 0 Å². The fraction of sp³-hybridized carbons (Fsp3) is 0.310. The molecule has 5 aromatic heterocycles. The number of aliphatic imine (C=N–C) groups is 1. The van der Waals surface area contributed by atoms with Crippen molar-refractivity contribution in [3.63, 3.8) is 0 Å². The first-order valence-corrected chi connectivity index (χ1v) is 13.0. The third-order valence-electron chi connectivity index (χ3n) is 7.87. The Hall–Kier alpha value is -4.20. The molecule has 0 aliphatic heterocycles. The first-order chi connectivity index (χ1) is 18.2. The Morgan fingerprint density at radius 3 is 2.92 bits per heavy atom. The number of allylic oxidation sites excluding steroid dienone is 2. The maximum atomic E-state index is 4.97. The van der Waals surface area contributed by atoms with Gasteiger partial charge in [-0.05, 0) is 54.0 Å². The minimum Gasteiger partial charge on any atom is -0.335 e. The number of nitrogens with zero attached hydrogens (tertiary/aromatic N) is 6. The monoisotopic (exact) mass is 488 g/mol. The molecule has 37 heavy (non-hydrogen) atoms. The molecule has 2 N–H and O–H groups in total. The van der Waals surface area contributed by atoms with Crippen molar-refractivity contribution in [2.45, 2.75) is 33.1 Å². The molecule has 5 aromatic rings. The van der Waals surface area contributed by atoms with Gasteiger partial charge in [0.05, 0.1) is 17.1 Å². The standard InChI is InChI=1S/C29H28N8/c1-3-4-8-32-23-11-18(9-20-16(2)25(20)23)19-10-21-27(36-37-28(21)33-13-19)29-34-24-15-31-14-22(26(24)35-29)17-6-5-7-30-12-17/h5-7,10-16,20,25H,3-4,8-9H2,1-2H3,(H,34,35)(H,33,36,37). The van der Waals surface area contributed by atoms with Crippen LogP contribution in [0.2, 0.25) is 0 Å². The highest BCUT2D eigenvalue weighted by atomic mass is 15.2. The second kappa shape index (κ2) is 8.73. The number of aromatic nitrogens is 7. The molecule has 0 aromatic carbocycles. The van der Waals surface area contributed by atoms with E-state index in [1.54, 1.807) is 12.4 Å². The summed E-state index contributed by atoms with van der Waals surface area (Å²) in [6, 6.07) is 6.13. The lowest BCUT2D eigenvalue weighted by molar-refractivity contribution is 0.767. The quantitative estimate of drug-likeness (QED) is 0.291. The molecule has 184 valence electrons. The summed E-state index contributed by atoms with van der Waals surface area (Å²) >= 11 is 0. The fourth-order valence-corrected chi connectivity index (χ4v) is 5.69. The van der Waals surface area contributed by atoms with E-state index in [0.29, 0.717) is 29.2 Å². The Labute approximate surface area is 214 Å². The third-order valence-corrected chi connectivity index (χ3v) is 7.87. The number of hydrogen-bond acceptors (Lipinski definition) is 6. The van der Waals surface area contributed by atoms with E-state index in [1.807, 2.05) is 30.7 Å². The minimum absolute atomic E-state index is 0.625. The molecule has 1 fully saturated rings. The number of fused-ring (bicyclic) bond motifs is 3. The lowest BCUT2D eigenvalue weighted by Crippen LogP contribution is -2.08. The van der Waals surface area contributed by atoms with Crippen LogP contribution >= 0.6 is 0 Å². The van der Waals surface area contributed by atoms with E-state index in [-0.39, 0.29) is 0 Å². The number of aromatic amines is 2. The van der Waals surface area contributed by atoms with Crippen LogP contribution in [0.4, 0.5) is 0 Å². The summed E-state index contributed by atoms with van der Waals surface area (Å²) in [4.78, 5) is 26.7.